The third-order valence-corrected chi connectivity index (χ3v) is 5.40. The molecule has 0 spiro atoms. The van der Waals surface area contributed by atoms with E-state index < -0.39 is 35.1 Å². The SMILES string of the molecule is Cc1ccc(/C=C/S(=O)(=O)NCC(=O)OCC(=O)N2CC(=O)Nc3ccccc32)cc1. The molecule has 1 aliphatic rings. The summed E-state index contributed by atoms with van der Waals surface area (Å²) in [5, 5.41) is 3.59. The molecule has 3 rings (SSSR count). The molecular formula is C21H21N3O6S. The highest BCUT2D eigenvalue weighted by Crippen LogP contribution is 2.28. The van der Waals surface area contributed by atoms with Gasteiger partial charge in [-0.15, -0.1) is 0 Å². The van der Waals surface area contributed by atoms with E-state index in [1.165, 1.54) is 11.0 Å². The molecule has 1 heterocycles. The van der Waals surface area contributed by atoms with Crippen molar-refractivity contribution < 1.29 is 27.5 Å². The zero-order valence-corrected chi connectivity index (χ0v) is 17.5. The predicted octanol–water partition coefficient (Wildman–Crippen LogP) is 1.41. The Kier molecular flexibility index (Phi) is 6.83. The van der Waals surface area contributed by atoms with Crippen molar-refractivity contribution in [1.82, 2.24) is 4.72 Å². The van der Waals surface area contributed by atoms with Crippen LogP contribution in [0, 0.1) is 6.92 Å². The molecule has 0 saturated heterocycles. The van der Waals surface area contributed by atoms with Crippen LogP contribution in [0.2, 0.25) is 0 Å². The smallest absolute Gasteiger partial charge is 0.321 e. The maximum atomic E-state index is 12.4. The molecule has 9 nitrogen and oxygen atoms in total. The Morgan fingerprint density at radius 2 is 1.87 bits per heavy atom. The first-order valence-corrected chi connectivity index (χ1v) is 10.9. The fourth-order valence-electron chi connectivity index (χ4n) is 2.78. The number of rotatable bonds is 7. The van der Waals surface area contributed by atoms with Gasteiger partial charge in [0.15, 0.2) is 6.61 Å². The number of anilines is 2. The second kappa shape index (κ2) is 9.54. The minimum absolute atomic E-state index is 0.205. The molecule has 31 heavy (non-hydrogen) atoms. The topological polar surface area (TPSA) is 122 Å². The van der Waals surface area contributed by atoms with Crippen LogP contribution in [0.3, 0.4) is 0 Å². The van der Waals surface area contributed by atoms with Crippen LogP contribution in [0.5, 0.6) is 0 Å². The van der Waals surface area contributed by atoms with Crippen LogP contribution in [0.25, 0.3) is 6.08 Å². The van der Waals surface area contributed by atoms with Gasteiger partial charge in [-0.25, -0.2) is 13.1 Å². The summed E-state index contributed by atoms with van der Waals surface area (Å²) in [5.74, 6) is -1.89. The second-order valence-electron chi connectivity index (χ2n) is 6.79. The van der Waals surface area contributed by atoms with Crippen molar-refractivity contribution in [2.45, 2.75) is 6.92 Å². The Balaban J connectivity index is 1.50. The van der Waals surface area contributed by atoms with Gasteiger partial charge in [0.25, 0.3) is 5.91 Å². The molecule has 0 atom stereocenters. The average Bonchev–Trinajstić information content (AvgIpc) is 2.75. The number of nitrogens with zero attached hydrogens (tertiary/aromatic N) is 1. The molecule has 2 amide bonds. The largest absolute Gasteiger partial charge is 0.455 e. The van der Waals surface area contributed by atoms with Crippen LogP contribution in [-0.4, -0.2) is 45.9 Å². The molecule has 0 aromatic heterocycles. The fourth-order valence-corrected chi connectivity index (χ4v) is 3.53. The molecule has 0 saturated carbocycles. The number of hydrogen-bond donors (Lipinski definition) is 2. The van der Waals surface area contributed by atoms with Crippen molar-refractivity contribution in [2.75, 3.05) is 29.9 Å². The number of hydrogen-bond acceptors (Lipinski definition) is 6. The molecule has 2 aromatic rings. The number of para-hydroxylation sites is 2. The Bertz CT molecular complexity index is 1130. The van der Waals surface area contributed by atoms with Gasteiger partial charge < -0.3 is 10.1 Å². The van der Waals surface area contributed by atoms with Crippen molar-refractivity contribution in [1.29, 1.82) is 0 Å². The van der Waals surface area contributed by atoms with Gasteiger partial charge >= 0.3 is 5.97 Å². The summed E-state index contributed by atoms with van der Waals surface area (Å²) in [6, 6.07) is 14.0. The van der Waals surface area contributed by atoms with Crippen molar-refractivity contribution in [2.24, 2.45) is 0 Å². The van der Waals surface area contributed by atoms with Crippen LogP contribution < -0.4 is 14.9 Å². The van der Waals surface area contributed by atoms with Crippen LogP contribution in [0.15, 0.2) is 53.9 Å². The van der Waals surface area contributed by atoms with E-state index in [9.17, 15) is 22.8 Å². The molecule has 10 heteroatoms. The van der Waals surface area contributed by atoms with Gasteiger partial charge in [-0.2, -0.15) is 0 Å². The molecular weight excluding hydrogens is 422 g/mol. The summed E-state index contributed by atoms with van der Waals surface area (Å²) < 4.78 is 31.0. The zero-order valence-electron chi connectivity index (χ0n) is 16.7. The van der Waals surface area contributed by atoms with Gasteiger partial charge in [-0.05, 0) is 30.7 Å². The van der Waals surface area contributed by atoms with Crippen LogP contribution >= 0.6 is 0 Å². The summed E-state index contributed by atoms with van der Waals surface area (Å²) in [5.41, 5.74) is 2.70. The average molecular weight is 443 g/mol. The molecule has 162 valence electrons. The molecule has 0 radical (unpaired) electrons. The lowest BCUT2D eigenvalue weighted by atomic mass is 10.2. The Labute approximate surface area is 179 Å². The number of sulfonamides is 1. The summed E-state index contributed by atoms with van der Waals surface area (Å²) in [6.07, 6.45) is 1.40. The first-order valence-electron chi connectivity index (χ1n) is 9.33. The van der Waals surface area contributed by atoms with E-state index in [2.05, 4.69) is 10.0 Å². The number of amides is 2. The number of fused-ring (bicyclic) bond motifs is 1. The highest BCUT2D eigenvalue weighted by atomic mass is 32.2. The first-order chi connectivity index (χ1) is 14.7. The number of ether oxygens (including phenoxy) is 1. The fraction of sp³-hybridized carbons (Fsp3) is 0.190. The van der Waals surface area contributed by atoms with E-state index in [1.807, 2.05) is 19.1 Å². The second-order valence-corrected chi connectivity index (χ2v) is 8.44. The van der Waals surface area contributed by atoms with E-state index in [0.717, 1.165) is 11.0 Å². The Hall–Kier alpha value is -3.50. The van der Waals surface area contributed by atoms with Gasteiger partial charge in [-0.3, -0.25) is 19.3 Å². The standard InChI is InChI=1S/C21H21N3O6S/c1-15-6-8-16(9-7-15)10-11-31(28,29)22-12-21(27)30-14-20(26)24-13-19(25)23-17-4-2-3-5-18(17)24/h2-11,22H,12-14H2,1H3,(H,23,25)/b11-10+. The minimum Gasteiger partial charge on any atom is -0.455 e. The molecule has 0 bridgehead atoms. The molecule has 2 aromatic carbocycles. The maximum absolute atomic E-state index is 12.4. The van der Waals surface area contributed by atoms with Gasteiger partial charge in [0.1, 0.15) is 13.1 Å². The lowest BCUT2D eigenvalue weighted by Gasteiger charge is -2.28. The number of esters is 1. The quantitative estimate of drug-likeness (QED) is 0.624. The van der Waals surface area contributed by atoms with Crippen LogP contribution in [0.4, 0.5) is 11.4 Å². The van der Waals surface area contributed by atoms with Gasteiger partial charge in [0.2, 0.25) is 15.9 Å². The summed E-state index contributed by atoms with van der Waals surface area (Å²) in [4.78, 5) is 37.3. The number of benzene rings is 2. The highest BCUT2D eigenvalue weighted by Gasteiger charge is 2.27. The molecule has 1 aliphatic heterocycles. The van der Waals surface area contributed by atoms with Crippen LogP contribution in [0.1, 0.15) is 11.1 Å². The molecule has 0 aliphatic carbocycles. The lowest BCUT2D eigenvalue weighted by Crippen LogP contribution is -2.44. The summed E-state index contributed by atoms with van der Waals surface area (Å²) in [6.45, 7) is 0.455. The number of aryl methyl sites for hydroxylation is 1. The molecule has 0 unspecified atom stereocenters. The van der Waals surface area contributed by atoms with Crippen LogP contribution in [-0.2, 0) is 29.1 Å². The molecule has 2 N–H and O–H groups in total. The highest BCUT2D eigenvalue weighted by molar-refractivity contribution is 7.92. The van der Waals surface area contributed by atoms with Gasteiger partial charge in [0.05, 0.1) is 11.4 Å². The normalized spacial score (nSPS) is 13.6. The number of carbonyl (C=O) groups is 3. The molecule has 0 fully saturated rings. The van der Waals surface area contributed by atoms with E-state index in [1.54, 1.807) is 36.4 Å². The third kappa shape index (κ3) is 6.24. The lowest BCUT2D eigenvalue weighted by molar-refractivity contribution is -0.146. The monoisotopic (exact) mass is 443 g/mol. The van der Waals surface area contributed by atoms with Crippen molar-refractivity contribution in [3.8, 4) is 0 Å². The summed E-state index contributed by atoms with van der Waals surface area (Å²) >= 11 is 0. The summed E-state index contributed by atoms with van der Waals surface area (Å²) in [7, 11) is -3.87. The predicted molar refractivity (Wildman–Crippen MR) is 116 cm³/mol. The Morgan fingerprint density at radius 1 is 1.16 bits per heavy atom. The van der Waals surface area contributed by atoms with Crippen molar-refractivity contribution in [3.05, 3.63) is 65.1 Å². The number of nitrogens with one attached hydrogen (secondary N) is 2. The maximum Gasteiger partial charge on any atom is 0.321 e. The van der Waals surface area contributed by atoms with Gasteiger partial charge in [0, 0.05) is 5.41 Å². The van der Waals surface area contributed by atoms with E-state index >= 15 is 0 Å². The van der Waals surface area contributed by atoms with Crippen molar-refractivity contribution >= 4 is 45.3 Å². The first kappa shape index (κ1) is 22.2. The minimum atomic E-state index is -3.87. The Morgan fingerprint density at radius 3 is 2.61 bits per heavy atom. The van der Waals surface area contributed by atoms with Gasteiger partial charge in [-0.1, -0.05) is 42.0 Å². The third-order valence-electron chi connectivity index (χ3n) is 4.36. The van der Waals surface area contributed by atoms with E-state index in [-0.39, 0.29) is 12.5 Å². The van der Waals surface area contributed by atoms with E-state index in [0.29, 0.717) is 16.9 Å². The number of carbonyl (C=O) groups excluding carboxylic acids is 3. The van der Waals surface area contributed by atoms with E-state index in [4.69, 9.17) is 4.74 Å². The van der Waals surface area contributed by atoms with Crippen molar-refractivity contribution in [3.63, 3.8) is 0 Å². The zero-order chi connectivity index (χ0) is 22.4.